The summed E-state index contributed by atoms with van der Waals surface area (Å²) < 4.78 is 0. The van der Waals surface area contributed by atoms with Gasteiger partial charge in [-0.25, -0.2) is 10.8 Å². The monoisotopic (exact) mass is 246 g/mol. The van der Waals surface area contributed by atoms with E-state index in [0.29, 0.717) is 0 Å². The fraction of sp³-hybridized carbons (Fsp3) is 0.500. The van der Waals surface area contributed by atoms with Gasteiger partial charge in [0.25, 0.3) is 0 Å². The number of rotatable bonds is 1. The predicted molar refractivity (Wildman–Crippen MR) is 75.3 cm³/mol. The van der Waals surface area contributed by atoms with E-state index in [1.807, 2.05) is 0 Å². The summed E-state index contributed by atoms with van der Waals surface area (Å²) in [6.07, 6.45) is 2.10. The molecular formula is C14H22N4. The third-order valence-corrected chi connectivity index (χ3v) is 3.23. The van der Waals surface area contributed by atoms with Crippen LogP contribution in [-0.4, -0.2) is 30.0 Å². The zero-order valence-corrected chi connectivity index (χ0v) is 11.2. The van der Waals surface area contributed by atoms with Crippen LogP contribution < -0.4 is 11.3 Å². The van der Waals surface area contributed by atoms with E-state index in [1.54, 1.807) is 0 Å². The highest BCUT2D eigenvalue weighted by Gasteiger charge is 2.16. The van der Waals surface area contributed by atoms with Gasteiger partial charge in [0, 0.05) is 19.1 Å². The lowest BCUT2D eigenvalue weighted by molar-refractivity contribution is 0.419. The number of guanidine groups is 1. The zero-order chi connectivity index (χ0) is 13.0. The summed E-state index contributed by atoms with van der Waals surface area (Å²) in [7, 11) is 0. The van der Waals surface area contributed by atoms with E-state index < -0.39 is 0 Å². The Bertz CT molecular complexity index is 399. The predicted octanol–water partition coefficient (Wildman–Crippen LogP) is 1.31. The molecule has 2 rings (SSSR count). The molecule has 4 nitrogen and oxygen atoms in total. The van der Waals surface area contributed by atoms with E-state index in [4.69, 9.17) is 5.84 Å². The van der Waals surface area contributed by atoms with Gasteiger partial charge in [0.2, 0.25) is 5.96 Å². The van der Waals surface area contributed by atoms with Gasteiger partial charge in [0.05, 0.1) is 0 Å². The lowest BCUT2D eigenvalue weighted by atomic mass is 10.0. The minimum Gasteiger partial charge on any atom is -0.341 e. The number of nitrogens with zero attached hydrogens (tertiary/aromatic N) is 2. The average Bonchev–Trinajstić information content (AvgIpc) is 2.58. The summed E-state index contributed by atoms with van der Waals surface area (Å²) >= 11 is 0. The molecule has 0 saturated carbocycles. The highest BCUT2D eigenvalue weighted by Crippen LogP contribution is 2.15. The normalized spacial score (nSPS) is 16.4. The first kappa shape index (κ1) is 12.9. The Labute approximate surface area is 109 Å². The zero-order valence-electron chi connectivity index (χ0n) is 11.2. The molecule has 0 aromatic heterocycles. The van der Waals surface area contributed by atoms with Crippen molar-refractivity contribution in [3.05, 3.63) is 35.4 Å². The Morgan fingerprint density at radius 1 is 1.22 bits per heavy atom. The van der Waals surface area contributed by atoms with Crippen LogP contribution in [0.1, 0.15) is 25.0 Å². The Kier molecular flexibility index (Phi) is 4.20. The Morgan fingerprint density at radius 2 is 1.78 bits per heavy atom. The van der Waals surface area contributed by atoms with Crippen LogP contribution in [0.2, 0.25) is 0 Å². The van der Waals surface area contributed by atoms with E-state index in [-0.39, 0.29) is 6.04 Å². The third-order valence-electron chi connectivity index (χ3n) is 3.23. The lowest BCUT2D eigenvalue weighted by Crippen LogP contribution is -2.46. The molecule has 0 aliphatic carbocycles. The van der Waals surface area contributed by atoms with Gasteiger partial charge in [-0.3, -0.25) is 5.43 Å². The first-order valence-corrected chi connectivity index (χ1v) is 6.57. The second-order valence-corrected chi connectivity index (χ2v) is 4.95. The van der Waals surface area contributed by atoms with Crippen molar-refractivity contribution in [2.75, 3.05) is 13.1 Å². The van der Waals surface area contributed by atoms with Crippen molar-refractivity contribution in [1.29, 1.82) is 0 Å². The summed E-state index contributed by atoms with van der Waals surface area (Å²) in [4.78, 5) is 6.77. The van der Waals surface area contributed by atoms with Crippen molar-refractivity contribution < 1.29 is 0 Å². The van der Waals surface area contributed by atoms with Gasteiger partial charge >= 0.3 is 0 Å². The number of aliphatic imine (C=N–C) groups is 1. The summed E-state index contributed by atoms with van der Waals surface area (Å²) in [6.45, 7) is 6.05. The maximum absolute atomic E-state index is 5.59. The molecule has 0 saturated heterocycles. The van der Waals surface area contributed by atoms with Crippen LogP contribution in [0.5, 0.6) is 0 Å². The molecule has 0 bridgehead atoms. The number of nitrogens with one attached hydrogen (secondary N) is 1. The summed E-state index contributed by atoms with van der Waals surface area (Å²) in [5, 5.41) is 0. The molecule has 3 N–H and O–H groups in total. The van der Waals surface area contributed by atoms with Crippen LogP contribution in [-0.2, 0) is 12.8 Å². The lowest BCUT2D eigenvalue weighted by Gasteiger charge is -2.24. The molecule has 1 aromatic rings. The van der Waals surface area contributed by atoms with Crippen molar-refractivity contribution >= 4 is 5.96 Å². The maximum atomic E-state index is 5.59. The number of hydrogen-bond donors (Lipinski definition) is 2. The maximum Gasteiger partial charge on any atom is 0.208 e. The van der Waals surface area contributed by atoms with Crippen LogP contribution in [0.15, 0.2) is 29.3 Å². The summed E-state index contributed by atoms with van der Waals surface area (Å²) in [5.74, 6) is 6.39. The molecule has 18 heavy (non-hydrogen) atoms. The molecule has 1 heterocycles. The molecular weight excluding hydrogens is 224 g/mol. The number of hydrazine groups is 1. The highest BCUT2D eigenvalue weighted by atomic mass is 15.4. The minimum atomic E-state index is 0.252. The van der Waals surface area contributed by atoms with E-state index in [1.165, 1.54) is 11.1 Å². The van der Waals surface area contributed by atoms with Gasteiger partial charge in [-0.05, 0) is 37.8 Å². The average molecular weight is 246 g/mol. The van der Waals surface area contributed by atoms with Gasteiger partial charge in [0.15, 0.2) is 0 Å². The van der Waals surface area contributed by atoms with Crippen molar-refractivity contribution in [3.8, 4) is 0 Å². The Morgan fingerprint density at radius 3 is 2.22 bits per heavy atom. The number of nitrogens with two attached hydrogens (primary N) is 1. The second kappa shape index (κ2) is 5.87. The fourth-order valence-electron chi connectivity index (χ4n) is 2.33. The molecule has 0 amide bonds. The van der Waals surface area contributed by atoms with Crippen molar-refractivity contribution in [2.45, 2.75) is 32.7 Å². The topological polar surface area (TPSA) is 53.6 Å². The number of fused-ring (bicyclic) bond motifs is 1. The first-order valence-electron chi connectivity index (χ1n) is 6.57. The molecule has 0 spiro atoms. The molecule has 1 aromatic carbocycles. The third kappa shape index (κ3) is 3.01. The molecule has 98 valence electrons. The van der Waals surface area contributed by atoms with Gasteiger partial charge in [0.1, 0.15) is 0 Å². The summed E-state index contributed by atoms with van der Waals surface area (Å²) in [5.41, 5.74) is 5.62. The minimum absolute atomic E-state index is 0.252. The number of hydrogen-bond acceptors (Lipinski definition) is 2. The quantitative estimate of drug-likeness (QED) is 0.340. The SMILES string of the molecule is CC(C)N=C(NN)N1CCc2ccccc2CC1. The van der Waals surface area contributed by atoms with Crippen molar-refractivity contribution in [1.82, 2.24) is 10.3 Å². The van der Waals surface area contributed by atoms with Crippen molar-refractivity contribution in [3.63, 3.8) is 0 Å². The molecule has 0 fully saturated rings. The standard InChI is InChI=1S/C14H22N4/c1-11(2)16-14(17-15)18-9-7-12-5-3-4-6-13(12)8-10-18/h3-6,11H,7-10,15H2,1-2H3,(H,16,17). The smallest absolute Gasteiger partial charge is 0.208 e. The Balaban J connectivity index is 2.12. The van der Waals surface area contributed by atoms with Gasteiger partial charge < -0.3 is 4.90 Å². The largest absolute Gasteiger partial charge is 0.341 e. The van der Waals surface area contributed by atoms with Gasteiger partial charge in [-0.1, -0.05) is 24.3 Å². The van der Waals surface area contributed by atoms with E-state index in [2.05, 4.69) is 53.4 Å². The van der Waals surface area contributed by atoms with E-state index >= 15 is 0 Å². The van der Waals surface area contributed by atoms with Crippen LogP contribution in [0.4, 0.5) is 0 Å². The molecule has 4 heteroatoms. The molecule has 0 atom stereocenters. The molecule has 0 unspecified atom stereocenters. The summed E-state index contributed by atoms with van der Waals surface area (Å²) in [6, 6.07) is 8.90. The van der Waals surface area contributed by atoms with E-state index in [9.17, 15) is 0 Å². The van der Waals surface area contributed by atoms with Gasteiger partial charge in [-0.2, -0.15) is 0 Å². The number of benzene rings is 1. The fourth-order valence-corrected chi connectivity index (χ4v) is 2.33. The van der Waals surface area contributed by atoms with Crippen molar-refractivity contribution in [2.24, 2.45) is 10.8 Å². The van der Waals surface area contributed by atoms with Crippen LogP contribution in [0.3, 0.4) is 0 Å². The highest BCUT2D eigenvalue weighted by molar-refractivity contribution is 5.79. The molecule has 1 aliphatic heterocycles. The van der Waals surface area contributed by atoms with Crippen LogP contribution in [0, 0.1) is 0 Å². The van der Waals surface area contributed by atoms with Crippen LogP contribution >= 0.6 is 0 Å². The Hall–Kier alpha value is -1.55. The first-order chi connectivity index (χ1) is 8.70. The molecule has 0 radical (unpaired) electrons. The molecule has 1 aliphatic rings. The second-order valence-electron chi connectivity index (χ2n) is 4.95. The van der Waals surface area contributed by atoms with Crippen LogP contribution in [0.25, 0.3) is 0 Å². The van der Waals surface area contributed by atoms with Gasteiger partial charge in [-0.15, -0.1) is 0 Å². The van der Waals surface area contributed by atoms with E-state index in [0.717, 1.165) is 31.9 Å².